The van der Waals surface area contributed by atoms with Crippen molar-refractivity contribution in [3.8, 4) is 0 Å². The van der Waals surface area contributed by atoms with E-state index in [1.54, 1.807) is 0 Å². The molecule has 0 saturated heterocycles. The molecule has 0 spiro atoms. The minimum absolute atomic E-state index is 0.185. The van der Waals surface area contributed by atoms with Crippen molar-refractivity contribution in [1.82, 2.24) is 10.2 Å². The van der Waals surface area contributed by atoms with E-state index in [0.717, 1.165) is 12.6 Å². The molecular weight excluding hydrogens is 342 g/mol. The molecule has 0 rings (SSSR count). The number of nitrogens with zero attached hydrogens (tertiary/aromatic N) is 1. The van der Waals surface area contributed by atoms with E-state index >= 15 is 0 Å². The van der Waals surface area contributed by atoms with Crippen molar-refractivity contribution in [2.75, 3.05) is 46.6 Å². The van der Waals surface area contributed by atoms with Crippen molar-refractivity contribution in [2.45, 2.75) is 13.0 Å². The van der Waals surface area contributed by atoms with Crippen LogP contribution in [0.3, 0.4) is 0 Å². The number of amides is 1. The minimum Gasteiger partial charge on any atom is -0.461 e. The topological polar surface area (TPSA) is 159 Å². The first-order chi connectivity index (χ1) is 11.0. The molecule has 0 aromatic heterocycles. The fraction of sp³-hybridized carbons (Fsp3) is 0.692. The summed E-state index contributed by atoms with van der Waals surface area (Å²) in [6, 6.07) is 0. The number of nitrogens with one attached hydrogen (secondary N) is 1. The number of ether oxygens (including phenoxy) is 1. The Morgan fingerprint density at radius 3 is 2.21 bits per heavy atom. The first-order valence-electron chi connectivity index (χ1n) is 6.87. The standard InChI is InChI=1S/C7H13NO2.C5H11NO5S.CH5N/c1-4-7(9)10-6-5-8(2)3;1-4(7)6-2-5(8)3-12(9,10)11;1-2/h4H,1,5-6H2,2-3H3;5,8H,2-3H2,1H3,(H,6,7)(H,9,10,11);2H2,1H3. The fourth-order valence-electron chi connectivity index (χ4n) is 0.951. The van der Waals surface area contributed by atoms with Crippen LogP contribution in [-0.4, -0.2) is 87.5 Å². The van der Waals surface area contributed by atoms with Crippen molar-refractivity contribution < 1.29 is 32.4 Å². The van der Waals surface area contributed by atoms with Crippen molar-refractivity contribution >= 4 is 22.0 Å². The highest BCUT2D eigenvalue weighted by atomic mass is 32.2. The van der Waals surface area contributed by atoms with Crippen LogP contribution < -0.4 is 11.1 Å². The quantitative estimate of drug-likeness (QED) is 0.220. The molecule has 0 aliphatic rings. The molecule has 10 nitrogen and oxygen atoms in total. The zero-order chi connectivity index (χ0) is 19.8. The predicted octanol–water partition coefficient (Wildman–Crippen LogP) is -1.78. The highest BCUT2D eigenvalue weighted by molar-refractivity contribution is 7.85. The molecule has 11 heteroatoms. The van der Waals surface area contributed by atoms with Gasteiger partial charge in [-0.15, -0.1) is 0 Å². The molecule has 5 N–H and O–H groups in total. The SMILES string of the molecule is C=CC(=O)OCCN(C)C.CC(=O)NCC(O)CS(=O)(=O)O.CN. The molecule has 1 unspecified atom stereocenters. The summed E-state index contributed by atoms with van der Waals surface area (Å²) < 4.78 is 33.3. The van der Waals surface area contributed by atoms with Crippen LogP contribution in [0, 0.1) is 0 Å². The van der Waals surface area contributed by atoms with E-state index in [1.807, 2.05) is 19.0 Å². The number of aliphatic hydroxyl groups is 1. The smallest absolute Gasteiger partial charge is 0.330 e. The Morgan fingerprint density at radius 2 is 1.88 bits per heavy atom. The lowest BCUT2D eigenvalue weighted by Gasteiger charge is -2.07. The molecule has 0 radical (unpaired) electrons. The molecule has 0 heterocycles. The number of rotatable bonds is 8. The van der Waals surface area contributed by atoms with Gasteiger partial charge in [-0.05, 0) is 21.1 Å². The summed E-state index contributed by atoms with van der Waals surface area (Å²) in [5.41, 5.74) is 4.50. The first kappa shape index (κ1) is 27.3. The number of esters is 1. The van der Waals surface area contributed by atoms with Gasteiger partial charge in [0.1, 0.15) is 12.4 Å². The summed E-state index contributed by atoms with van der Waals surface area (Å²) in [7, 11) is 1.16. The number of likely N-dealkylation sites (N-methyl/N-ethyl adjacent to an activating group) is 1. The van der Waals surface area contributed by atoms with Gasteiger partial charge in [0, 0.05) is 26.1 Å². The van der Waals surface area contributed by atoms with Gasteiger partial charge in [0.05, 0.1) is 6.10 Å². The van der Waals surface area contributed by atoms with E-state index in [4.69, 9.17) is 14.4 Å². The molecular formula is C13H29N3O7S. The van der Waals surface area contributed by atoms with Crippen molar-refractivity contribution in [1.29, 1.82) is 0 Å². The molecule has 0 saturated carbocycles. The zero-order valence-electron chi connectivity index (χ0n) is 14.6. The van der Waals surface area contributed by atoms with Crippen LogP contribution in [0.25, 0.3) is 0 Å². The van der Waals surface area contributed by atoms with Crippen molar-refractivity contribution in [3.05, 3.63) is 12.7 Å². The van der Waals surface area contributed by atoms with E-state index < -0.39 is 22.0 Å². The molecule has 1 atom stereocenters. The molecule has 24 heavy (non-hydrogen) atoms. The molecule has 1 amide bonds. The molecule has 0 aromatic rings. The predicted molar refractivity (Wildman–Crippen MR) is 90.9 cm³/mol. The van der Waals surface area contributed by atoms with E-state index in [-0.39, 0.29) is 18.4 Å². The second kappa shape index (κ2) is 16.3. The fourth-order valence-corrected chi connectivity index (χ4v) is 1.56. The molecule has 144 valence electrons. The van der Waals surface area contributed by atoms with Crippen molar-refractivity contribution in [2.24, 2.45) is 5.73 Å². The highest BCUT2D eigenvalue weighted by Crippen LogP contribution is 1.88. The van der Waals surface area contributed by atoms with Crippen LogP contribution in [0.15, 0.2) is 12.7 Å². The largest absolute Gasteiger partial charge is 0.461 e. The summed E-state index contributed by atoms with van der Waals surface area (Å²) in [6.45, 7) is 5.50. The number of carbonyl (C=O) groups is 2. The molecule has 0 aliphatic heterocycles. The van der Waals surface area contributed by atoms with E-state index in [0.29, 0.717) is 6.61 Å². The van der Waals surface area contributed by atoms with Gasteiger partial charge in [0.25, 0.3) is 10.1 Å². The summed E-state index contributed by atoms with van der Waals surface area (Å²) in [5.74, 6) is -1.50. The van der Waals surface area contributed by atoms with Crippen LogP contribution in [0.1, 0.15) is 6.92 Å². The Morgan fingerprint density at radius 1 is 1.38 bits per heavy atom. The maximum atomic E-state index is 10.4. The Balaban J connectivity index is -0.000000337. The monoisotopic (exact) mass is 371 g/mol. The first-order valence-corrected chi connectivity index (χ1v) is 8.48. The number of hydrogen-bond acceptors (Lipinski definition) is 8. The zero-order valence-corrected chi connectivity index (χ0v) is 15.4. The lowest BCUT2D eigenvalue weighted by atomic mass is 10.4. The summed E-state index contributed by atoms with van der Waals surface area (Å²) in [4.78, 5) is 22.7. The van der Waals surface area contributed by atoms with Gasteiger partial charge in [-0.25, -0.2) is 4.79 Å². The van der Waals surface area contributed by atoms with Gasteiger partial charge in [-0.1, -0.05) is 6.58 Å². The van der Waals surface area contributed by atoms with E-state index in [9.17, 15) is 18.0 Å². The maximum Gasteiger partial charge on any atom is 0.330 e. The summed E-state index contributed by atoms with van der Waals surface area (Å²) >= 11 is 0. The minimum atomic E-state index is -4.17. The van der Waals surface area contributed by atoms with Gasteiger partial charge >= 0.3 is 5.97 Å². The lowest BCUT2D eigenvalue weighted by Crippen LogP contribution is -2.34. The normalized spacial score (nSPS) is 11.2. The molecule has 0 aliphatic carbocycles. The van der Waals surface area contributed by atoms with Gasteiger partial charge in [0.15, 0.2) is 0 Å². The Bertz CT molecular complexity index is 452. The Hall–Kier alpha value is -1.53. The van der Waals surface area contributed by atoms with Crippen LogP contribution in [0.2, 0.25) is 0 Å². The molecule has 0 fully saturated rings. The van der Waals surface area contributed by atoms with Gasteiger partial charge in [0.2, 0.25) is 5.91 Å². The second-order valence-corrected chi connectivity index (χ2v) is 6.01. The third-order valence-corrected chi connectivity index (χ3v) is 2.75. The number of carbonyl (C=O) groups excluding carboxylic acids is 2. The van der Waals surface area contributed by atoms with Gasteiger partial charge < -0.3 is 25.8 Å². The highest BCUT2D eigenvalue weighted by Gasteiger charge is 2.13. The van der Waals surface area contributed by atoms with E-state index in [2.05, 4.69) is 17.6 Å². The van der Waals surface area contributed by atoms with Gasteiger partial charge in [-0.2, -0.15) is 8.42 Å². The Kier molecular flexibility index (Phi) is 18.6. The third kappa shape index (κ3) is 28.6. The number of aliphatic hydroxyl groups excluding tert-OH is 1. The van der Waals surface area contributed by atoms with Crippen LogP contribution >= 0.6 is 0 Å². The summed E-state index contributed by atoms with van der Waals surface area (Å²) in [6.07, 6.45) is -0.112. The number of nitrogens with two attached hydrogens (primary N) is 1. The molecule has 0 aromatic carbocycles. The maximum absolute atomic E-state index is 10.4. The average molecular weight is 371 g/mol. The van der Waals surface area contributed by atoms with E-state index in [1.165, 1.54) is 14.0 Å². The third-order valence-electron chi connectivity index (χ3n) is 1.94. The van der Waals surface area contributed by atoms with Crippen LogP contribution in [0.5, 0.6) is 0 Å². The van der Waals surface area contributed by atoms with Crippen LogP contribution in [0.4, 0.5) is 0 Å². The van der Waals surface area contributed by atoms with Crippen LogP contribution in [-0.2, 0) is 24.4 Å². The Labute approximate surface area is 143 Å². The lowest BCUT2D eigenvalue weighted by molar-refractivity contribution is -0.138. The van der Waals surface area contributed by atoms with Crippen molar-refractivity contribution in [3.63, 3.8) is 0 Å². The average Bonchev–Trinajstić information content (AvgIpc) is 2.45. The number of hydrogen-bond donors (Lipinski definition) is 4. The second-order valence-electron chi connectivity index (χ2n) is 4.51. The molecule has 0 bridgehead atoms. The van der Waals surface area contributed by atoms with Gasteiger partial charge in [-0.3, -0.25) is 9.35 Å². The summed E-state index contributed by atoms with van der Waals surface area (Å²) in [5, 5.41) is 11.1.